The molecule has 0 saturated carbocycles. The van der Waals surface area contributed by atoms with Gasteiger partial charge in [-0.3, -0.25) is 9.89 Å². The Kier molecular flexibility index (Phi) is 7.53. The average molecular weight is 364 g/mol. The maximum absolute atomic E-state index is 5.45. The highest BCUT2D eigenvalue weighted by atomic mass is 16.5. The lowest BCUT2D eigenvalue weighted by Crippen LogP contribution is -2.56. The molecular formula is C19H32N4O3. The van der Waals surface area contributed by atoms with Gasteiger partial charge < -0.3 is 24.8 Å². The highest BCUT2D eigenvalue weighted by molar-refractivity contribution is 5.79. The van der Waals surface area contributed by atoms with Crippen LogP contribution in [0.25, 0.3) is 0 Å². The van der Waals surface area contributed by atoms with E-state index >= 15 is 0 Å². The highest BCUT2D eigenvalue weighted by Crippen LogP contribution is 2.24. The Morgan fingerprint density at radius 3 is 2.54 bits per heavy atom. The summed E-state index contributed by atoms with van der Waals surface area (Å²) in [6.07, 6.45) is 0. The minimum Gasteiger partial charge on any atom is -0.497 e. The topological polar surface area (TPSA) is 67.4 Å². The van der Waals surface area contributed by atoms with E-state index in [4.69, 9.17) is 14.2 Å². The molecule has 26 heavy (non-hydrogen) atoms. The predicted molar refractivity (Wildman–Crippen MR) is 104 cm³/mol. The van der Waals surface area contributed by atoms with Crippen molar-refractivity contribution in [1.29, 1.82) is 0 Å². The van der Waals surface area contributed by atoms with Crippen molar-refractivity contribution >= 4 is 5.96 Å². The standard InChI is InChI=1S/C19H32N4O3/c1-19(2,23-8-10-26-11-9-23)14-22-18(20-3)21-13-15-6-7-16(24-4)12-17(15)25-5/h6-7,12H,8-11,13-14H2,1-5H3,(H2,20,21,22). The molecule has 0 bridgehead atoms. The van der Waals surface area contributed by atoms with Crippen LogP contribution in [0.2, 0.25) is 0 Å². The predicted octanol–water partition coefficient (Wildman–Crippen LogP) is 1.48. The van der Waals surface area contributed by atoms with Gasteiger partial charge in [0.2, 0.25) is 0 Å². The Balaban J connectivity index is 1.89. The van der Waals surface area contributed by atoms with Crippen molar-refractivity contribution in [3.05, 3.63) is 23.8 Å². The van der Waals surface area contributed by atoms with Crippen molar-refractivity contribution in [3.63, 3.8) is 0 Å². The number of nitrogens with zero attached hydrogens (tertiary/aromatic N) is 2. The van der Waals surface area contributed by atoms with Crippen LogP contribution in [0.4, 0.5) is 0 Å². The number of guanidine groups is 1. The molecule has 0 spiro atoms. The maximum atomic E-state index is 5.45. The monoisotopic (exact) mass is 364 g/mol. The molecule has 1 heterocycles. The summed E-state index contributed by atoms with van der Waals surface area (Å²) in [4.78, 5) is 6.77. The van der Waals surface area contributed by atoms with Gasteiger partial charge in [-0.1, -0.05) is 0 Å². The van der Waals surface area contributed by atoms with Crippen molar-refractivity contribution < 1.29 is 14.2 Å². The van der Waals surface area contributed by atoms with Crippen molar-refractivity contribution in [2.45, 2.75) is 25.9 Å². The number of hydrogen-bond acceptors (Lipinski definition) is 5. The minimum absolute atomic E-state index is 0.0270. The van der Waals surface area contributed by atoms with E-state index in [1.807, 2.05) is 18.2 Å². The van der Waals surface area contributed by atoms with Gasteiger partial charge >= 0.3 is 0 Å². The average Bonchev–Trinajstić information content (AvgIpc) is 2.68. The van der Waals surface area contributed by atoms with Crippen LogP contribution in [-0.4, -0.2) is 70.5 Å². The third-order valence-electron chi connectivity index (χ3n) is 4.72. The van der Waals surface area contributed by atoms with E-state index in [0.717, 1.165) is 55.9 Å². The summed E-state index contributed by atoms with van der Waals surface area (Å²) in [7, 11) is 5.09. The highest BCUT2D eigenvalue weighted by Gasteiger charge is 2.28. The molecule has 2 N–H and O–H groups in total. The fraction of sp³-hybridized carbons (Fsp3) is 0.632. The molecule has 1 aliphatic rings. The van der Waals surface area contributed by atoms with E-state index in [0.29, 0.717) is 6.54 Å². The third kappa shape index (κ3) is 5.51. The summed E-state index contributed by atoms with van der Waals surface area (Å²) in [6, 6.07) is 5.81. The molecule has 2 rings (SSSR count). The fourth-order valence-electron chi connectivity index (χ4n) is 2.98. The number of benzene rings is 1. The van der Waals surface area contributed by atoms with Crippen molar-refractivity contribution in [2.75, 3.05) is 54.1 Å². The first kappa shape index (κ1) is 20.3. The third-order valence-corrected chi connectivity index (χ3v) is 4.72. The van der Waals surface area contributed by atoms with Gasteiger partial charge in [0.15, 0.2) is 5.96 Å². The molecule has 0 atom stereocenters. The van der Waals surface area contributed by atoms with E-state index in [1.165, 1.54) is 0 Å². The van der Waals surface area contributed by atoms with Crippen molar-refractivity contribution in [2.24, 2.45) is 4.99 Å². The van der Waals surface area contributed by atoms with Crippen LogP contribution in [0.5, 0.6) is 11.5 Å². The first-order valence-corrected chi connectivity index (χ1v) is 8.98. The van der Waals surface area contributed by atoms with Gasteiger partial charge in [-0.2, -0.15) is 0 Å². The number of morpholine rings is 1. The Morgan fingerprint density at radius 1 is 1.19 bits per heavy atom. The second kappa shape index (κ2) is 9.64. The molecule has 0 amide bonds. The quantitative estimate of drug-likeness (QED) is 0.564. The summed E-state index contributed by atoms with van der Waals surface area (Å²) in [5.74, 6) is 2.34. The Hall–Kier alpha value is -1.99. The van der Waals surface area contributed by atoms with Crippen molar-refractivity contribution in [3.8, 4) is 11.5 Å². The van der Waals surface area contributed by atoms with Crippen LogP contribution in [-0.2, 0) is 11.3 Å². The number of ether oxygens (including phenoxy) is 3. The Morgan fingerprint density at radius 2 is 1.92 bits per heavy atom. The molecule has 1 saturated heterocycles. The molecule has 0 aromatic heterocycles. The van der Waals surface area contributed by atoms with Gasteiger partial charge in [0.1, 0.15) is 11.5 Å². The molecule has 1 aromatic carbocycles. The zero-order valence-electron chi connectivity index (χ0n) is 16.6. The van der Waals surface area contributed by atoms with E-state index in [2.05, 4.69) is 34.4 Å². The van der Waals surface area contributed by atoms with Crippen LogP contribution in [0.3, 0.4) is 0 Å². The molecule has 146 valence electrons. The summed E-state index contributed by atoms with van der Waals surface area (Å²) in [6.45, 7) is 9.42. The van der Waals surface area contributed by atoms with E-state index in [1.54, 1.807) is 21.3 Å². The normalized spacial score (nSPS) is 16.3. The molecule has 0 unspecified atom stereocenters. The first-order valence-electron chi connectivity index (χ1n) is 8.98. The van der Waals surface area contributed by atoms with Gasteiger partial charge in [0.25, 0.3) is 0 Å². The summed E-state index contributed by atoms with van der Waals surface area (Å²) < 4.78 is 16.1. The Labute approximate surface area is 156 Å². The molecule has 0 aliphatic carbocycles. The molecule has 1 fully saturated rings. The van der Waals surface area contributed by atoms with Crippen LogP contribution in [0.15, 0.2) is 23.2 Å². The lowest BCUT2D eigenvalue weighted by atomic mass is 10.0. The summed E-state index contributed by atoms with van der Waals surface area (Å²) in [5.41, 5.74) is 1.07. The number of nitrogens with one attached hydrogen (secondary N) is 2. The molecular weight excluding hydrogens is 332 g/mol. The van der Waals surface area contributed by atoms with E-state index in [-0.39, 0.29) is 5.54 Å². The largest absolute Gasteiger partial charge is 0.497 e. The van der Waals surface area contributed by atoms with Crippen LogP contribution < -0.4 is 20.1 Å². The van der Waals surface area contributed by atoms with Gasteiger partial charge in [0, 0.05) is 50.4 Å². The number of aliphatic imine (C=N–C) groups is 1. The van der Waals surface area contributed by atoms with Gasteiger partial charge in [-0.25, -0.2) is 0 Å². The fourth-order valence-corrected chi connectivity index (χ4v) is 2.98. The van der Waals surface area contributed by atoms with Gasteiger partial charge in [0.05, 0.1) is 27.4 Å². The lowest BCUT2D eigenvalue weighted by Gasteiger charge is -2.41. The second-order valence-electron chi connectivity index (χ2n) is 6.87. The SMILES string of the molecule is CN=C(NCc1ccc(OC)cc1OC)NCC(C)(C)N1CCOCC1. The lowest BCUT2D eigenvalue weighted by molar-refractivity contribution is -0.00834. The molecule has 0 radical (unpaired) electrons. The summed E-state index contributed by atoms with van der Waals surface area (Å²) >= 11 is 0. The smallest absolute Gasteiger partial charge is 0.191 e. The molecule has 1 aromatic rings. The maximum Gasteiger partial charge on any atom is 0.191 e. The minimum atomic E-state index is 0.0270. The number of methoxy groups -OCH3 is 2. The van der Waals surface area contributed by atoms with E-state index < -0.39 is 0 Å². The molecule has 7 heteroatoms. The summed E-state index contributed by atoms with van der Waals surface area (Å²) in [5, 5.41) is 6.78. The van der Waals surface area contributed by atoms with Crippen LogP contribution >= 0.6 is 0 Å². The molecule has 1 aliphatic heterocycles. The van der Waals surface area contributed by atoms with Gasteiger partial charge in [-0.05, 0) is 26.0 Å². The van der Waals surface area contributed by atoms with Gasteiger partial charge in [-0.15, -0.1) is 0 Å². The van der Waals surface area contributed by atoms with E-state index in [9.17, 15) is 0 Å². The zero-order chi connectivity index (χ0) is 19.0. The second-order valence-corrected chi connectivity index (χ2v) is 6.87. The first-order chi connectivity index (χ1) is 12.5. The number of rotatable bonds is 7. The van der Waals surface area contributed by atoms with Crippen LogP contribution in [0, 0.1) is 0 Å². The molecule has 7 nitrogen and oxygen atoms in total. The zero-order valence-corrected chi connectivity index (χ0v) is 16.6. The Bertz CT molecular complexity index is 598. The van der Waals surface area contributed by atoms with Crippen molar-refractivity contribution in [1.82, 2.24) is 15.5 Å². The number of hydrogen-bond donors (Lipinski definition) is 2. The van der Waals surface area contributed by atoms with Crippen LogP contribution in [0.1, 0.15) is 19.4 Å².